The van der Waals surface area contributed by atoms with Crippen LogP contribution in [-0.2, 0) is 4.79 Å². The number of rotatable bonds is 3. The molecule has 2 atom stereocenters. The zero-order valence-corrected chi connectivity index (χ0v) is 13.4. The molecule has 0 radical (unpaired) electrons. The largest absolute Gasteiger partial charge is 0.327 e. The van der Waals surface area contributed by atoms with E-state index in [9.17, 15) is 4.79 Å². The Hall–Kier alpha value is -0.770. The van der Waals surface area contributed by atoms with Crippen LogP contribution < -0.4 is 10.2 Å². The van der Waals surface area contributed by atoms with Gasteiger partial charge in [0.2, 0.25) is 0 Å². The topological polar surface area (TPSA) is 33.5 Å². The summed E-state index contributed by atoms with van der Waals surface area (Å²) in [6, 6.07) is 3.60. The Labute approximate surface area is 130 Å². The van der Waals surface area contributed by atoms with E-state index in [2.05, 4.69) is 12.2 Å². The molecule has 20 heavy (non-hydrogen) atoms. The third kappa shape index (κ3) is 3.87. The van der Waals surface area contributed by atoms with Crippen LogP contribution in [0.2, 0.25) is 10.0 Å². The second-order valence-corrected chi connectivity index (χ2v) is 6.51. The fourth-order valence-corrected chi connectivity index (χ4v) is 3.21. The lowest BCUT2D eigenvalue weighted by atomic mass is 10.0. The highest BCUT2D eigenvalue weighted by Crippen LogP contribution is 2.32. The van der Waals surface area contributed by atoms with Gasteiger partial charge in [-0.2, -0.15) is 0 Å². The molecule has 2 N–H and O–H groups in total. The van der Waals surface area contributed by atoms with Gasteiger partial charge in [0.15, 0.2) is 6.54 Å². The fourth-order valence-electron chi connectivity index (χ4n) is 2.74. The molecule has 0 aliphatic carbocycles. The van der Waals surface area contributed by atoms with Crippen LogP contribution in [0.3, 0.4) is 0 Å². The summed E-state index contributed by atoms with van der Waals surface area (Å²) >= 11 is 12.3. The van der Waals surface area contributed by atoms with Crippen molar-refractivity contribution in [2.75, 3.05) is 25.0 Å². The third-order valence-corrected chi connectivity index (χ3v) is 4.63. The van der Waals surface area contributed by atoms with Crippen molar-refractivity contribution >= 4 is 34.8 Å². The van der Waals surface area contributed by atoms with E-state index >= 15 is 0 Å². The van der Waals surface area contributed by atoms with Crippen molar-refractivity contribution in [2.45, 2.75) is 26.7 Å². The smallest absolute Gasteiger partial charge is 0.279 e. The lowest BCUT2D eigenvalue weighted by Gasteiger charge is -2.27. The van der Waals surface area contributed by atoms with E-state index in [1.54, 1.807) is 6.07 Å². The number of quaternary nitrogens is 1. The molecule has 1 unspecified atom stereocenters. The molecule has 0 bridgehead atoms. The van der Waals surface area contributed by atoms with Gasteiger partial charge in [-0.1, -0.05) is 36.2 Å². The average Bonchev–Trinajstić information content (AvgIpc) is 2.39. The standard InChI is InChI=1S/C15H20Cl2N2O/c1-10-4-3-7-19(8-10)9-13(20)18-15-12(16)6-5-11(2)14(15)17/h5-6,10H,3-4,7-9H2,1-2H3,(H,18,20)/p+1/t10-/m0/s1. The fraction of sp³-hybridized carbons (Fsp3) is 0.533. The molecule has 1 aliphatic heterocycles. The molecular weight excluding hydrogens is 295 g/mol. The normalized spacial score (nSPS) is 22.6. The number of likely N-dealkylation sites (tertiary alicyclic amines) is 1. The van der Waals surface area contributed by atoms with Crippen LogP contribution in [0.4, 0.5) is 5.69 Å². The van der Waals surface area contributed by atoms with Crippen molar-refractivity contribution in [3.8, 4) is 0 Å². The second-order valence-electron chi connectivity index (χ2n) is 5.73. The molecule has 1 amide bonds. The number of piperidine rings is 1. The van der Waals surface area contributed by atoms with Crippen LogP contribution in [0.1, 0.15) is 25.3 Å². The number of carbonyl (C=O) groups excluding carboxylic acids is 1. The zero-order valence-electron chi connectivity index (χ0n) is 11.9. The number of anilines is 1. The first-order valence-electron chi connectivity index (χ1n) is 7.05. The Bertz CT molecular complexity index is 505. The van der Waals surface area contributed by atoms with Crippen molar-refractivity contribution in [3.05, 3.63) is 27.7 Å². The highest BCUT2D eigenvalue weighted by molar-refractivity contribution is 6.40. The van der Waals surface area contributed by atoms with Gasteiger partial charge in [0.1, 0.15) is 0 Å². The number of halogens is 2. The monoisotopic (exact) mass is 315 g/mol. The summed E-state index contributed by atoms with van der Waals surface area (Å²) in [5.41, 5.74) is 1.44. The van der Waals surface area contributed by atoms with Gasteiger partial charge >= 0.3 is 0 Å². The number of aryl methyl sites for hydroxylation is 1. The molecule has 1 aromatic rings. The van der Waals surface area contributed by atoms with E-state index in [4.69, 9.17) is 23.2 Å². The molecule has 1 aliphatic rings. The number of hydrogen-bond donors (Lipinski definition) is 2. The van der Waals surface area contributed by atoms with E-state index in [-0.39, 0.29) is 5.91 Å². The first-order valence-corrected chi connectivity index (χ1v) is 7.81. The van der Waals surface area contributed by atoms with Crippen molar-refractivity contribution < 1.29 is 9.69 Å². The van der Waals surface area contributed by atoms with Gasteiger partial charge in [0.25, 0.3) is 5.91 Å². The van der Waals surface area contributed by atoms with Crippen LogP contribution >= 0.6 is 23.2 Å². The van der Waals surface area contributed by atoms with E-state index in [1.165, 1.54) is 17.7 Å². The van der Waals surface area contributed by atoms with Crippen LogP contribution in [0.15, 0.2) is 12.1 Å². The summed E-state index contributed by atoms with van der Waals surface area (Å²) in [7, 11) is 0. The van der Waals surface area contributed by atoms with E-state index in [0.717, 1.165) is 18.7 Å². The predicted octanol–water partition coefficient (Wildman–Crippen LogP) is 2.56. The van der Waals surface area contributed by atoms with Crippen LogP contribution in [0.25, 0.3) is 0 Å². The lowest BCUT2D eigenvalue weighted by Crippen LogP contribution is -3.14. The molecule has 1 aromatic carbocycles. The van der Waals surface area contributed by atoms with Crippen LogP contribution in [0.5, 0.6) is 0 Å². The zero-order chi connectivity index (χ0) is 14.7. The molecular formula is C15H21Cl2N2O+. The molecule has 0 saturated carbocycles. The summed E-state index contributed by atoms with van der Waals surface area (Å²) < 4.78 is 0. The van der Waals surface area contributed by atoms with Gasteiger partial charge in [-0.05, 0) is 31.4 Å². The molecule has 0 spiro atoms. The quantitative estimate of drug-likeness (QED) is 0.883. The third-order valence-electron chi connectivity index (χ3n) is 3.82. The number of amides is 1. The number of carbonyl (C=O) groups is 1. The second kappa shape index (κ2) is 6.79. The van der Waals surface area contributed by atoms with Gasteiger partial charge in [0.05, 0.1) is 28.8 Å². The van der Waals surface area contributed by atoms with Crippen LogP contribution in [-0.4, -0.2) is 25.5 Å². The minimum Gasteiger partial charge on any atom is -0.327 e. The van der Waals surface area contributed by atoms with Crippen molar-refractivity contribution in [2.24, 2.45) is 5.92 Å². The summed E-state index contributed by atoms with van der Waals surface area (Å²) in [6.45, 7) is 6.73. The van der Waals surface area contributed by atoms with Gasteiger partial charge in [-0.25, -0.2) is 0 Å². The average molecular weight is 316 g/mol. The summed E-state index contributed by atoms with van der Waals surface area (Å²) in [5, 5.41) is 3.86. The Balaban J connectivity index is 2.00. The van der Waals surface area contributed by atoms with Gasteiger partial charge < -0.3 is 10.2 Å². The van der Waals surface area contributed by atoms with E-state index in [0.29, 0.717) is 28.2 Å². The molecule has 1 fully saturated rings. The summed E-state index contributed by atoms with van der Waals surface area (Å²) in [6.07, 6.45) is 2.45. The molecule has 1 saturated heterocycles. The molecule has 2 rings (SSSR count). The maximum atomic E-state index is 12.2. The number of nitrogens with one attached hydrogen (secondary N) is 2. The summed E-state index contributed by atoms with van der Waals surface area (Å²) in [4.78, 5) is 13.5. The maximum absolute atomic E-state index is 12.2. The molecule has 110 valence electrons. The first-order chi connectivity index (χ1) is 9.47. The van der Waals surface area contributed by atoms with Crippen molar-refractivity contribution in [1.82, 2.24) is 0 Å². The SMILES string of the molecule is Cc1ccc(Cl)c(NC(=O)C[NH+]2CCC[C@H](C)C2)c1Cl. The molecule has 3 nitrogen and oxygen atoms in total. The minimum absolute atomic E-state index is 0.0245. The summed E-state index contributed by atoms with van der Waals surface area (Å²) in [5.74, 6) is 0.668. The number of hydrogen-bond acceptors (Lipinski definition) is 1. The highest BCUT2D eigenvalue weighted by atomic mass is 35.5. The maximum Gasteiger partial charge on any atom is 0.279 e. The lowest BCUT2D eigenvalue weighted by molar-refractivity contribution is -0.900. The van der Waals surface area contributed by atoms with E-state index in [1.807, 2.05) is 13.0 Å². The minimum atomic E-state index is -0.0245. The van der Waals surface area contributed by atoms with Crippen molar-refractivity contribution in [1.29, 1.82) is 0 Å². The Kier molecular flexibility index (Phi) is 5.30. The molecule has 5 heteroatoms. The Morgan fingerprint density at radius 1 is 1.45 bits per heavy atom. The van der Waals surface area contributed by atoms with Gasteiger partial charge in [-0.15, -0.1) is 0 Å². The Morgan fingerprint density at radius 2 is 2.20 bits per heavy atom. The molecule has 1 heterocycles. The molecule has 0 aromatic heterocycles. The van der Waals surface area contributed by atoms with Gasteiger partial charge in [0, 0.05) is 5.92 Å². The van der Waals surface area contributed by atoms with Crippen molar-refractivity contribution in [3.63, 3.8) is 0 Å². The Morgan fingerprint density at radius 3 is 2.90 bits per heavy atom. The van der Waals surface area contributed by atoms with Crippen LogP contribution in [0, 0.1) is 12.8 Å². The number of benzene rings is 1. The first kappa shape index (κ1) is 15.6. The van der Waals surface area contributed by atoms with E-state index < -0.39 is 0 Å². The van der Waals surface area contributed by atoms with Gasteiger partial charge in [-0.3, -0.25) is 4.79 Å². The predicted molar refractivity (Wildman–Crippen MR) is 83.8 cm³/mol. The highest BCUT2D eigenvalue weighted by Gasteiger charge is 2.22.